The molecule has 1 saturated carbocycles. The molecule has 0 radical (unpaired) electrons. The smallest absolute Gasteiger partial charge is 0.157 e. The normalized spacial score (nSPS) is 27.1. The van der Waals surface area contributed by atoms with Crippen LogP contribution in [0.3, 0.4) is 0 Å². The van der Waals surface area contributed by atoms with Crippen LogP contribution in [0, 0.1) is 0 Å². The molecule has 4 rings (SSSR count). The molecule has 0 amide bonds. The van der Waals surface area contributed by atoms with Gasteiger partial charge in [-0.1, -0.05) is 48.5 Å². The first-order valence-electron chi connectivity index (χ1n) is 6.44. The lowest BCUT2D eigenvalue weighted by Gasteiger charge is -2.26. The molecule has 2 aromatic carbocycles. The molecule has 2 aromatic rings. The molecule has 0 unspecified atom stereocenters. The SMILES string of the molecule is CS(=O)(=O)[C@@]12C[C@@H]1c1ccccc1-c1ccccc12. The van der Waals surface area contributed by atoms with Crippen LogP contribution in [0.15, 0.2) is 48.5 Å². The third-order valence-electron chi connectivity index (χ3n) is 4.58. The second-order valence-electron chi connectivity index (χ2n) is 5.55. The van der Waals surface area contributed by atoms with Crippen molar-refractivity contribution >= 4 is 9.84 Å². The Morgan fingerprint density at radius 1 is 1.00 bits per heavy atom. The predicted molar refractivity (Wildman–Crippen MR) is 75.8 cm³/mol. The highest BCUT2D eigenvalue weighted by atomic mass is 32.2. The second-order valence-corrected chi connectivity index (χ2v) is 7.82. The molecule has 0 aromatic heterocycles. The van der Waals surface area contributed by atoms with Gasteiger partial charge < -0.3 is 0 Å². The van der Waals surface area contributed by atoms with Crippen molar-refractivity contribution in [1.29, 1.82) is 0 Å². The Balaban J connectivity index is 2.11. The fourth-order valence-corrected chi connectivity index (χ4v) is 5.34. The molecule has 1 fully saturated rings. The highest BCUT2D eigenvalue weighted by molar-refractivity contribution is 7.92. The fourth-order valence-electron chi connectivity index (χ4n) is 3.65. The topological polar surface area (TPSA) is 34.1 Å². The van der Waals surface area contributed by atoms with Crippen LogP contribution >= 0.6 is 0 Å². The summed E-state index contributed by atoms with van der Waals surface area (Å²) in [6.45, 7) is 0. The molecule has 2 nitrogen and oxygen atoms in total. The van der Waals surface area contributed by atoms with Gasteiger partial charge in [0, 0.05) is 12.2 Å². The van der Waals surface area contributed by atoms with E-state index in [1.54, 1.807) is 0 Å². The third-order valence-corrected chi connectivity index (χ3v) is 6.58. The van der Waals surface area contributed by atoms with Crippen molar-refractivity contribution in [3.05, 3.63) is 59.7 Å². The largest absolute Gasteiger partial charge is 0.228 e. The first-order valence-corrected chi connectivity index (χ1v) is 8.33. The van der Waals surface area contributed by atoms with Crippen molar-refractivity contribution in [2.75, 3.05) is 6.26 Å². The molecular formula is C16H14O2S. The average Bonchev–Trinajstić information content (AvgIpc) is 3.16. The van der Waals surface area contributed by atoms with Gasteiger partial charge in [0.25, 0.3) is 0 Å². The molecule has 19 heavy (non-hydrogen) atoms. The molecular weight excluding hydrogens is 256 g/mol. The molecule has 0 N–H and O–H groups in total. The summed E-state index contributed by atoms with van der Waals surface area (Å²) in [5, 5.41) is 0. The third kappa shape index (κ3) is 1.24. The van der Waals surface area contributed by atoms with Crippen LogP contribution in [0.2, 0.25) is 0 Å². The zero-order valence-electron chi connectivity index (χ0n) is 10.6. The van der Waals surface area contributed by atoms with E-state index in [0.717, 1.165) is 17.5 Å². The average molecular weight is 270 g/mol. The van der Waals surface area contributed by atoms with E-state index in [-0.39, 0.29) is 5.92 Å². The van der Waals surface area contributed by atoms with Gasteiger partial charge in [-0.05, 0) is 28.7 Å². The maximum atomic E-state index is 12.3. The van der Waals surface area contributed by atoms with E-state index in [1.807, 2.05) is 36.4 Å². The maximum absolute atomic E-state index is 12.3. The highest BCUT2D eigenvalue weighted by Gasteiger charge is 2.66. The summed E-state index contributed by atoms with van der Waals surface area (Å²) in [6.07, 6.45) is 2.09. The summed E-state index contributed by atoms with van der Waals surface area (Å²) in [4.78, 5) is 0. The Labute approximate surface area is 113 Å². The van der Waals surface area contributed by atoms with E-state index < -0.39 is 14.6 Å². The molecule has 2 atom stereocenters. The molecule has 2 aliphatic rings. The van der Waals surface area contributed by atoms with Crippen LogP contribution in [0.5, 0.6) is 0 Å². The zero-order valence-corrected chi connectivity index (χ0v) is 11.4. The predicted octanol–water partition coefficient (Wildman–Crippen LogP) is 3.09. The summed E-state index contributed by atoms with van der Waals surface area (Å²) >= 11 is 0. The molecule has 0 aliphatic heterocycles. The minimum absolute atomic E-state index is 0.133. The van der Waals surface area contributed by atoms with Crippen molar-refractivity contribution in [2.24, 2.45) is 0 Å². The van der Waals surface area contributed by atoms with Gasteiger partial charge in [-0.15, -0.1) is 0 Å². The highest BCUT2D eigenvalue weighted by Crippen LogP contribution is 2.68. The molecule has 0 spiro atoms. The summed E-state index contributed by atoms with van der Waals surface area (Å²) < 4.78 is 24.0. The van der Waals surface area contributed by atoms with E-state index in [1.165, 1.54) is 17.4 Å². The minimum Gasteiger partial charge on any atom is -0.228 e. The Hall–Kier alpha value is -1.61. The van der Waals surface area contributed by atoms with Crippen LogP contribution in [-0.2, 0) is 14.6 Å². The minimum atomic E-state index is -3.11. The number of hydrogen-bond acceptors (Lipinski definition) is 2. The molecule has 0 heterocycles. The van der Waals surface area contributed by atoms with Gasteiger partial charge in [0.2, 0.25) is 0 Å². The lowest BCUT2D eigenvalue weighted by atomic mass is 9.85. The van der Waals surface area contributed by atoms with Crippen molar-refractivity contribution < 1.29 is 8.42 Å². The summed E-state index contributed by atoms with van der Waals surface area (Å²) in [6, 6.07) is 16.1. The van der Waals surface area contributed by atoms with Crippen LogP contribution in [0.1, 0.15) is 23.5 Å². The Morgan fingerprint density at radius 3 is 2.37 bits per heavy atom. The Bertz CT molecular complexity index is 792. The van der Waals surface area contributed by atoms with Crippen LogP contribution < -0.4 is 0 Å². The summed E-state index contributed by atoms with van der Waals surface area (Å²) in [5.74, 6) is 0.133. The van der Waals surface area contributed by atoms with Gasteiger partial charge in [-0.25, -0.2) is 8.42 Å². The van der Waals surface area contributed by atoms with Crippen LogP contribution in [0.4, 0.5) is 0 Å². The summed E-state index contributed by atoms with van der Waals surface area (Å²) in [7, 11) is -3.11. The lowest BCUT2D eigenvalue weighted by molar-refractivity contribution is 0.583. The van der Waals surface area contributed by atoms with Gasteiger partial charge in [-0.2, -0.15) is 0 Å². The van der Waals surface area contributed by atoms with Gasteiger partial charge in [0.1, 0.15) is 4.75 Å². The van der Waals surface area contributed by atoms with Crippen molar-refractivity contribution in [1.82, 2.24) is 0 Å². The number of benzene rings is 2. The standard InChI is InChI=1S/C16H14O2S/c1-19(17,18)16-10-15(16)13-8-3-2-6-11(13)12-7-4-5-9-14(12)16/h2-9,15H,10H2,1H3/t15-,16-/m1/s1. The van der Waals surface area contributed by atoms with Gasteiger partial charge in [0.15, 0.2) is 9.84 Å². The molecule has 0 bridgehead atoms. The molecule has 2 aliphatic carbocycles. The van der Waals surface area contributed by atoms with E-state index in [2.05, 4.69) is 12.1 Å². The van der Waals surface area contributed by atoms with Crippen LogP contribution in [0.25, 0.3) is 11.1 Å². The number of rotatable bonds is 1. The van der Waals surface area contributed by atoms with Gasteiger partial charge in [-0.3, -0.25) is 0 Å². The van der Waals surface area contributed by atoms with Crippen molar-refractivity contribution in [3.63, 3.8) is 0 Å². The monoisotopic (exact) mass is 270 g/mol. The van der Waals surface area contributed by atoms with E-state index in [0.29, 0.717) is 0 Å². The molecule has 96 valence electrons. The van der Waals surface area contributed by atoms with Crippen LogP contribution in [-0.4, -0.2) is 14.7 Å². The van der Waals surface area contributed by atoms with Gasteiger partial charge in [0.05, 0.1) is 0 Å². The summed E-state index contributed by atoms with van der Waals surface area (Å²) in [5.41, 5.74) is 4.45. The zero-order chi connectivity index (χ0) is 13.3. The molecule has 0 saturated heterocycles. The quantitative estimate of drug-likeness (QED) is 0.798. The number of fused-ring (bicyclic) bond motifs is 6. The van der Waals surface area contributed by atoms with E-state index in [9.17, 15) is 8.42 Å². The first kappa shape index (κ1) is 11.2. The second kappa shape index (κ2) is 3.28. The molecule has 3 heteroatoms. The first-order chi connectivity index (χ1) is 9.06. The lowest BCUT2D eigenvalue weighted by Crippen LogP contribution is -2.25. The Kier molecular flexibility index (Phi) is 1.94. The van der Waals surface area contributed by atoms with E-state index >= 15 is 0 Å². The van der Waals surface area contributed by atoms with E-state index in [4.69, 9.17) is 0 Å². The van der Waals surface area contributed by atoms with Crippen molar-refractivity contribution in [2.45, 2.75) is 17.1 Å². The fraction of sp³-hybridized carbons (Fsp3) is 0.250. The Morgan fingerprint density at radius 2 is 1.63 bits per heavy atom. The number of hydrogen-bond donors (Lipinski definition) is 0. The number of sulfone groups is 1. The van der Waals surface area contributed by atoms with Crippen molar-refractivity contribution in [3.8, 4) is 11.1 Å². The maximum Gasteiger partial charge on any atom is 0.157 e. The van der Waals surface area contributed by atoms with Gasteiger partial charge >= 0.3 is 0 Å².